The molecule has 0 aromatic heterocycles. The molecule has 0 saturated carbocycles. The molecule has 0 amide bonds. The highest BCUT2D eigenvalue weighted by atomic mass is 16.7. The standard InChI is InChI=1S/C19H17NO5/c1-23-19-13-7-20-8-16(22)12-6-18-17(24-9-25-18)5-11(12)14(20)4-10(13)2-3-15(19)21/h2-7,14,16,21-22H,8-9H2,1H3/t14?,16-/m0/s1. The Hall–Kier alpha value is -2.86. The van der Waals surface area contributed by atoms with Gasteiger partial charge in [0, 0.05) is 18.0 Å². The number of hydrogen-bond donors (Lipinski definition) is 2. The maximum absolute atomic E-state index is 10.6. The van der Waals surface area contributed by atoms with Crippen molar-refractivity contribution in [1.29, 1.82) is 0 Å². The molecule has 5 rings (SSSR count). The summed E-state index contributed by atoms with van der Waals surface area (Å²) in [7, 11) is 1.54. The van der Waals surface area contributed by atoms with Gasteiger partial charge >= 0.3 is 0 Å². The van der Waals surface area contributed by atoms with E-state index in [4.69, 9.17) is 14.2 Å². The Bertz CT molecular complexity index is 1000. The first-order valence-corrected chi connectivity index (χ1v) is 8.12. The Morgan fingerprint density at radius 2 is 1.92 bits per heavy atom. The van der Waals surface area contributed by atoms with E-state index in [2.05, 4.69) is 11.0 Å². The number of aliphatic hydroxyl groups excluding tert-OH is 1. The van der Waals surface area contributed by atoms with Crippen LogP contribution in [0.2, 0.25) is 0 Å². The number of rotatable bonds is 1. The molecule has 6 nitrogen and oxygen atoms in total. The molecule has 0 radical (unpaired) electrons. The van der Waals surface area contributed by atoms with Gasteiger partial charge in [-0.05, 0) is 40.6 Å². The molecule has 0 aliphatic carbocycles. The minimum absolute atomic E-state index is 0.0188. The molecular formula is C19H17NO5. The second kappa shape index (κ2) is 5.07. The van der Waals surface area contributed by atoms with Crippen LogP contribution in [0, 0.1) is 0 Å². The summed E-state index contributed by atoms with van der Waals surface area (Å²) in [6, 6.07) is 7.31. The van der Waals surface area contributed by atoms with Crippen molar-refractivity contribution in [2.24, 2.45) is 0 Å². The van der Waals surface area contributed by atoms with Crippen LogP contribution in [0.1, 0.15) is 23.3 Å². The summed E-state index contributed by atoms with van der Waals surface area (Å²) in [5, 5.41) is 22.4. The van der Waals surface area contributed by atoms with E-state index in [1.165, 1.54) is 7.11 Å². The number of aliphatic hydroxyl groups is 1. The van der Waals surface area contributed by atoms with E-state index < -0.39 is 6.10 Å². The van der Waals surface area contributed by atoms with E-state index in [-0.39, 0.29) is 18.6 Å². The fraction of sp³-hybridized carbons (Fsp3) is 0.263. The van der Waals surface area contributed by atoms with E-state index in [9.17, 15) is 10.2 Å². The third kappa shape index (κ3) is 2.01. The molecule has 128 valence electrons. The second-order valence-electron chi connectivity index (χ2n) is 6.41. The smallest absolute Gasteiger partial charge is 0.231 e. The summed E-state index contributed by atoms with van der Waals surface area (Å²) < 4.78 is 16.3. The molecule has 0 fully saturated rings. The zero-order valence-corrected chi connectivity index (χ0v) is 13.6. The number of fused-ring (bicyclic) bond motifs is 5. The lowest BCUT2D eigenvalue weighted by Crippen LogP contribution is -2.42. The van der Waals surface area contributed by atoms with Crippen molar-refractivity contribution in [2.75, 3.05) is 20.4 Å². The van der Waals surface area contributed by atoms with Gasteiger partial charge in [0.05, 0.1) is 19.3 Å². The van der Waals surface area contributed by atoms with Crippen molar-refractivity contribution < 1.29 is 24.4 Å². The van der Waals surface area contributed by atoms with Gasteiger partial charge < -0.3 is 29.3 Å². The molecule has 3 heterocycles. The van der Waals surface area contributed by atoms with Gasteiger partial charge in [-0.25, -0.2) is 0 Å². The summed E-state index contributed by atoms with van der Waals surface area (Å²) >= 11 is 0. The SMILES string of the molecule is COc1c(O)ccc2c1=CN1C[C@H](O)c3cc4c(cc3C1C=2)OCO4. The van der Waals surface area contributed by atoms with E-state index in [1.807, 2.05) is 24.4 Å². The number of benzene rings is 2. The molecule has 0 saturated heterocycles. The molecule has 2 aromatic carbocycles. The maximum atomic E-state index is 10.6. The molecule has 2 aromatic rings. The molecule has 0 bridgehead atoms. The van der Waals surface area contributed by atoms with E-state index in [0.717, 1.165) is 21.6 Å². The number of ether oxygens (including phenoxy) is 3. The van der Waals surface area contributed by atoms with Crippen LogP contribution in [-0.4, -0.2) is 35.6 Å². The van der Waals surface area contributed by atoms with Crippen LogP contribution < -0.4 is 24.6 Å². The highest BCUT2D eigenvalue weighted by Gasteiger charge is 2.33. The van der Waals surface area contributed by atoms with E-state index >= 15 is 0 Å². The molecule has 6 heteroatoms. The van der Waals surface area contributed by atoms with Crippen molar-refractivity contribution in [3.8, 4) is 23.0 Å². The quantitative estimate of drug-likeness (QED) is 0.799. The molecule has 0 spiro atoms. The van der Waals surface area contributed by atoms with E-state index in [1.54, 1.807) is 6.07 Å². The van der Waals surface area contributed by atoms with Crippen molar-refractivity contribution in [3.63, 3.8) is 0 Å². The topological polar surface area (TPSA) is 71.4 Å². The molecule has 2 atom stereocenters. The summed E-state index contributed by atoms with van der Waals surface area (Å²) in [5.74, 6) is 1.93. The Balaban J connectivity index is 1.73. The minimum atomic E-state index is -0.629. The molecule has 2 N–H and O–H groups in total. The minimum Gasteiger partial charge on any atom is -0.504 e. The van der Waals surface area contributed by atoms with Gasteiger partial charge in [0.15, 0.2) is 23.0 Å². The maximum Gasteiger partial charge on any atom is 0.231 e. The number of phenols is 1. The van der Waals surface area contributed by atoms with Crippen LogP contribution in [-0.2, 0) is 0 Å². The number of aromatic hydroxyl groups is 1. The molecule has 3 aliphatic heterocycles. The predicted molar refractivity (Wildman–Crippen MR) is 89.8 cm³/mol. The normalized spacial score (nSPS) is 22.2. The summed E-state index contributed by atoms with van der Waals surface area (Å²) in [6.45, 7) is 0.657. The number of phenolic OH excluding ortho intramolecular Hbond substituents is 1. The lowest BCUT2D eigenvalue weighted by Gasteiger charge is -2.39. The summed E-state index contributed by atoms with van der Waals surface area (Å²) in [4.78, 5) is 2.06. The van der Waals surface area contributed by atoms with Gasteiger partial charge in [0.2, 0.25) is 6.79 Å². The highest BCUT2D eigenvalue weighted by Crippen LogP contribution is 2.44. The van der Waals surface area contributed by atoms with Crippen molar-refractivity contribution in [1.82, 2.24) is 4.90 Å². The second-order valence-corrected chi connectivity index (χ2v) is 6.41. The van der Waals surface area contributed by atoms with Crippen LogP contribution in [0.3, 0.4) is 0 Å². The zero-order chi connectivity index (χ0) is 17.1. The van der Waals surface area contributed by atoms with Crippen LogP contribution in [0.4, 0.5) is 0 Å². The molecule has 1 unspecified atom stereocenters. The first-order valence-electron chi connectivity index (χ1n) is 8.12. The highest BCUT2D eigenvalue weighted by molar-refractivity contribution is 5.59. The van der Waals surface area contributed by atoms with Crippen molar-refractivity contribution in [3.05, 3.63) is 45.8 Å². The van der Waals surface area contributed by atoms with Crippen LogP contribution >= 0.6 is 0 Å². The summed E-state index contributed by atoms with van der Waals surface area (Å²) in [5.41, 5.74) is 1.86. The number of hydrogen-bond acceptors (Lipinski definition) is 6. The van der Waals surface area contributed by atoms with Gasteiger partial charge in [0.1, 0.15) is 0 Å². The van der Waals surface area contributed by atoms with Gasteiger partial charge in [0.25, 0.3) is 0 Å². The summed E-state index contributed by atoms with van der Waals surface area (Å²) in [6.07, 6.45) is 3.43. The fourth-order valence-corrected chi connectivity index (χ4v) is 3.86. The van der Waals surface area contributed by atoms with Crippen LogP contribution in [0.25, 0.3) is 12.3 Å². The van der Waals surface area contributed by atoms with Gasteiger partial charge in [-0.1, -0.05) is 6.07 Å². The Morgan fingerprint density at radius 1 is 1.16 bits per heavy atom. The first kappa shape index (κ1) is 14.5. The largest absolute Gasteiger partial charge is 0.504 e. The first-order chi connectivity index (χ1) is 12.2. The predicted octanol–water partition coefficient (Wildman–Crippen LogP) is 0.752. The van der Waals surface area contributed by atoms with Gasteiger partial charge in [-0.15, -0.1) is 0 Å². The monoisotopic (exact) mass is 339 g/mol. The third-order valence-electron chi connectivity index (χ3n) is 5.04. The van der Waals surface area contributed by atoms with Crippen molar-refractivity contribution in [2.45, 2.75) is 12.1 Å². The number of nitrogens with zero attached hydrogens (tertiary/aromatic N) is 1. The van der Waals surface area contributed by atoms with Crippen LogP contribution in [0.15, 0.2) is 24.3 Å². The van der Waals surface area contributed by atoms with Crippen molar-refractivity contribution >= 4 is 12.3 Å². The average molecular weight is 339 g/mol. The lowest BCUT2D eigenvalue weighted by molar-refractivity contribution is 0.118. The molecule has 3 aliphatic rings. The zero-order valence-electron chi connectivity index (χ0n) is 13.6. The van der Waals surface area contributed by atoms with Gasteiger partial charge in [-0.2, -0.15) is 0 Å². The Labute approximate surface area is 143 Å². The van der Waals surface area contributed by atoms with Gasteiger partial charge in [-0.3, -0.25) is 0 Å². The van der Waals surface area contributed by atoms with E-state index in [0.29, 0.717) is 23.8 Å². The molecule has 25 heavy (non-hydrogen) atoms. The third-order valence-corrected chi connectivity index (χ3v) is 5.04. The Kier molecular flexibility index (Phi) is 2.93. The molecular weight excluding hydrogens is 322 g/mol. The lowest BCUT2D eigenvalue weighted by atomic mass is 9.88. The number of methoxy groups -OCH3 is 1. The Morgan fingerprint density at radius 3 is 2.68 bits per heavy atom. The fourth-order valence-electron chi connectivity index (χ4n) is 3.86. The van der Waals surface area contributed by atoms with Crippen LogP contribution in [0.5, 0.6) is 23.0 Å². The average Bonchev–Trinajstić information content (AvgIpc) is 3.07.